The van der Waals surface area contributed by atoms with Crippen LogP contribution in [0.15, 0.2) is 71.8 Å². The SMILES string of the molecule is CC1(C)C2=C(C3c4ccccc4-c4ccccc43)C=CC2C1(C)C. The molecule has 3 aliphatic carbocycles. The lowest BCUT2D eigenvalue weighted by atomic mass is 9.44. The first kappa shape index (κ1) is 14.3. The van der Waals surface area contributed by atoms with E-state index in [0.717, 1.165) is 0 Å². The van der Waals surface area contributed by atoms with Gasteiger partial charge in [-0.3, -0.25) is 0 Å². The number of fused-ring (bicyclic) bond motifs is 4. The summed E-state index contributed by atoms with van der Waals surface area (Å²) in [7, 11) is 0. The van der Waals surface area contributed by atoms with Crippen LogP contribution in [0.1, 0.15) is 44.7 Å². The Morgan fingerprint density at radius 3 is 1.88 bits per heavy atom. The van der Waals surface area contributed by atoms with Gasteiger partial charge in [0.1, 0.15) is 0 Å². The van der Waals surface area contributed by atoms with Gasteiger partial charge in [-0.2, -0.15) is 0 Å². The molecule has 5 rings (SSSR count). The van der Waals surface area contributed by atoms with E-state index in [1.807, 2.05) is 0 Å². The topological polar surface area (TPSA) is 0 Å². The van der Waals surface area contributed by atoms with Crippen molar-refractivity contribution in [1.29, 1.82) is 0 Å². The third kappa shape index (κ3) is 1.46. The van der Waals surface area contributed by atoms with Crippen LogP contribution in [0.5, 0.6) is 0 Å². The highest BCUT2D eigenvalue weighted by molar-refractivity contribution is 5.81. The summed E-state index contributed by atoms with van der Waals surface area (Å²) in [5.41, 5.74) is 9.63. The van der Waals surface area contributed by atoms with Gasteiger partial charge in [-0.15, -0.1) is 0 Å². The summed E-state index contributed by atoms with van der Waals surface area (Å²) in [5.74, 6) is 1.02. The molecule has 0 heterocycles. The Kier molecular flexibility index (Phi) is 2.56. The molecule has 3 aliphatic rings. The zero-order valence-electron chi connectivity index (χ0n) is 14.9. The Hall–Kier alpha value is -2.08. The molecule has 0 heteroatoms. The molecule has 24 heavy (non-hydrogen) atoms. The minimum absolute atomic E-state index is 0.267. The van der Waals surface area contributed by atoms with E-state index < -0.39 is 0 Å². The zero-order chi connectivity index (χ0) is 16.7. The molecule has 0 amide bonds. The predicted octanol–water partition coefficient (Wildman–Crippen LogP) is 6.35. The van der Waals surface area contributed by atoms with Crippen molar-refractivity contribution in [2.24, 2.45) is 16.7 Å². The summed E-state index contributed by atoms with van der Waals surface area (Å²) in [6.07, 6.45) is 4.89. The largest absolute Gasteiger partial charge is 0.0764 e. The lowest BCUT2D eigenvalue weighted by molar-refractivity contribution is 0.0155. The number of hydrogen-bond acceptors (Lipinski definition) is 0. The normalized spacial score (nSPS) is 25.2. The number of benzene rings is 2. The number of allylic oxidation sites excluding steroid dienone is 4. The lowest BCUT2D eigenvalue weighted by Crippen LogP contribution is -2.52. The molecule has 0 N–H and O–H groups in total. The lowest BCUT2D eigenvalue weighted by Gasteiger charge is -2.60. The number of hydrogen-bond donors (Lipinski definition) is 0. The molecule has 0 spiro atoms. The summed E-state index contributed by atoms with van der Waals surface area (Å²) < 4.78 is 0. The molecular formula is C24H24. The van der Waals surface area contributed by atoms with Gasteiger partial charge in [-0.1, -0.05) is 94.0 Å². The van der Waals surface area contributed by atoms with Crippen LogP contribution in [0.2, 0.25) is 0 Å². The molecule has 1 atom stereocenters. The van der Waals surface area contributed by atoms with Crippen molar-refractivity contribution >= 4 is 0 Å². The second kappa shape index (κ2) is 4.30. The van der Waals surface area contributed by atoms with Crippen LogP contribution in [-0.4, -0.2) is 0 Å². The van der Waals surface area contributed by atoms with Crippen LogP contribution in [0.4, 0.5) is 0 Å². The van der Waals surface area contributed by atoms with Crippen molar-refractivity contribution < 1.29 is 0 Å². The summed E-state index contributed by atoms with van der Waals surface area (Å²) in [4.78, 5) is 0. The summed E-state index contributed by atoms with van der Waals surface area (Å²) in [6.45, 7) is 9.70. The maximum atomic E-state index is 2.46. The molecule has 0 radical (unpaired) electrons. The highest BCUT2D eigenvalue weighted by Crippen LogP contribution is 2.69. The second-order valence-electron chi connectivity index (χ2n) is 8.66. The van der Waals surface area contributed by atoms with Gasteiger partial charge < -0.3 is 0 Å². The molecule has 120 valence electrons. The van der Waals surface area contributed by atoms with E-state index >= 15 is 0 Å². The van der Waals surface area contributed by atoms with E-state index in [2.05, 4.69) is 88.4 Å². The molecule has 2 aromatic carbocycles. The van der Waals surface area contributed by atoms with Gasteiger partial charge in [0.25, 0.3) is 0 Å². The fraction of sp³-hybridized carbons (Fsp3) is 0.333. The van der Waals surface area contributed by atoms with Crippen molar-refractivity contribution in [1.82, 2.24) is 0 Å². The van der Waals surface area contributed by atoms with Crippen molar-refractivity contribution in [3.63, 3.8) is 0 Å². The second-order valence-corrected chi connectivity index (χ2v) is 8.66. The quantitative estimate of drug-likeness (QED) is 0.575. The molecule has 0 nitrogen and oxygen atoms in total. The fourth-order valence-electron chi connectivity index (χ4n) is 5.32. The van der Waals surface area contributed by atoms with Gasteiger partial charge in [0.15, 0.2) is 0 Å². The van der Waals surface area contributed by atoms with E-state index in [1.165, 1.54) is 22.3 Å². The van der Waals surface area contributed by atoms with Crippen LogP contribution < -0.4 is 0 Å². The standard InChI is InChI=1S/C24H24/c1-23(2)20-14-13-19(22(20)24(23,3)4)21-17-11-7-5-9-15(17)16-10-6-8-12-18(16)21/h5-14,20-21H,1-4H3. The maximum absolute atomic E-state index is 2.46. The van der Waals surface area contributed by atoms with Crippen LogP contribution in [-0.2, 0) is 0 Å². The van der Waals surface area contributed by atoms with E-state index in [0.29, 0.717) is 17.3 Å². The van der Waals surface area contributed by atoms with Crippen LogP contribution in [0.25, 0.3) is 11.1 Å². The summed E-state index contributed by atoms with van der Waals surface area (Å²) in [5, 5.41) is 0. The Balaban J connectivity index is 1.76. The average molecular weight is 312 g/mol. The minimum Gasteiger partial charge on any atom is -0.0764 e. The highest BCUT2D eigenvalue weighted by Gasteiger charge is 2.59. The van der Waals surface area contributed by atoms with Crippen molar-refractivity contribution in [3.05, 3.63) is 83.0 Å². The predicted molar refractivity (Wildman–Crippen MR) is 101 cm³/mol. The van der Waals surface area contributed by atoms with E-state index in [1.54, 1.807) is 11.1 Å². The van der Waals surface area contributed by atoms with Gasteiger partial charge >= 0.3 is 0 Å². The van der Waals surface area contributed by atoms with Gasteiger partial charge in [0.05, 0.1) is 0 Å². The Bertz CT molecular complexity index is 875. The Labute approximate surface area is 144 Å². The zero-order valence-corrected chi connectivity index (χ0v) is 14.9. The summed E-state index contributed by atoms with van der Waals surface area (Å²) in [6, 6.07) is 17.9. The van der Waals surface area contributed by atoms with Crippen LogP contribution >= 0.6 is 0 Å². The number of rotatable bonds is 1. The molecule has 0 aliphatic heterocycles. The van der Waals surface area contributed by atoms with Crippen molar-refractivity contribution in [2.75, 3.05) is 0 Å². The smallest absolute Gasteiger partial charge is 0.0352 e. The Morgan fingerprint density at radius 2 is 1.29 bits per heavy atom. The average Bonchev–Trinajstić information content (AvgIpc) is 3.13. The summed E-state index contributed by atoms with van der Waals surface area (Å²) >= 11 is 0. The molecule has 1 unspecified atom stereocenters. The molecule has 1 fully saturated rings. The van der Waals surface area contributed by atoms with Gasteiger partial charge in [-0.25, -0.2) is 0 Å². The first-order chi connectivity index (χ1) is 11.4. The molecular weight excluding hydrogens is 288 g/mol. The Morgan fingerprint density at radius 1 is 0.750 bits per heavy atom. The van der Waals surface area contributed by atoms with E-state index in [-0.39, 0.29) is 5.41 Å². The highest BCUT2D eigenvalue weighted by atomic mass is 14.6. The van der Waals surface area contributed by atoms with Crippen LogP contribution in [0, 0.1) is 16.7 Å². The molecule has 2 aromatic rings. The molecule has 0 bridgehead atoms. The maximum Gasteiger partial charge on any atom is 0.0352 e. The minimum atomic E-state index is 0.267. The van der Waals surface area contributed by atoms with Gasteiger partial charge in [0.2, 0.25) is 0 Å². The fourth-order valence-corrected chi connectivity index (χ4v) is 5.32. The molecule has 0 aromatic heterocycles. The van der Waals surface area contributed by atoms with E-state index in [4.69, 9.17) is 0 Å². The van der Waals surface area contributed by atoms with Crippen LogP contribution in [0.3, 0.4) is 0 Å². The van der Waals surface area contributed by atoms with Gasteiger partial charge in [0, 0.05) is 11.8 Å². The first-order valence-corrected chi connectivity index (χ1v) is 9.05. The van der Waals surface area contributed by atoms with Crippen molar-refractivity contribution in [3.8, 4) is 11.1 Å². The van der Waals surface area contributed by atoms with Crippen molar-refractivity contribution in [2.45, 2.75) is 33.6 Å². The first-order valence-electron chi connectivity index (χ1n) is 9.05. The van der Waals surface area contributed by atoms with E-state index in [9.17, 15) is 0 Å². The third-order valence-corrected chi connectivity index (χ3v) is 7.30. The molecule has 0 saturated heterocycles. The molecule has 1 saturated carbocycles. The van der Waals surface area contributed by atoms with Gasteiger partial charge in [-0.05, 0) is 38.7 Å². The monoisotopic (exact) mass is 312 g/mol. The third-order valence-electron chi connectivity index (χ3n) is 7.30.